The summed E-state index contributed by atoms with van der Waals surface area (Å²) in [7, 11) is 3.48. The molecule has 12 heteroatoms. The number of fused-ring (bicyclic) bond motifs is 10. The molecule has 5 aliphatic rings. The summed E-state index contributed by atoms with van der Waals surface area (Å²) >= 11 is 0. The number of rotatable bonds is 4. The molecule has 2 amide bonds. The third kappa shape index (κ3) is 3.98. The van der Waals surface area contributed by atoms with E-state index in [0.717, 1.165) is 11.1 Å². The van der Waals surface area contributed by atoms with Gasteiger partial charge in [0.1, 0.15) is 11.8 Å². The van der Waals surface area contributed by atoms with Crippen LogP contribution in [0.25, 0.3) is 0 Å². The molecular formula is C36H34N4O8. The molecule has 0 aromatic heterocycles. The van der Waals surface area contributed by atoms with Crippen molar-refractivity contribution in [1.29, 1.82) is 5.26 Å². The number of aromatic hydroxyl groups is 1. The van der Waals surface area contributed by atoms with E-state index in [1.54, 1.807) is 31.2 Å². The van der Waals surface area contributed by atoms with Gasteiger partial charge in [0, 0.05) is 47.8 Å². The highest BCUT2D eigenvalue weighted by Gasteiger charge is 2.57. The number of methoxy groups -OCH3 is 1. The standard InChI is InChI=1S/C36H34N4O8/c1-16-10-19-11-23-25(13-37)40-24(29(38(23)4)27(19)30(42)31(16)45-5)12-22-28(34-33(46-15-47-34)17(2)32(22)48-18(3)41)26(40)14-39-35(43)20-8-6-7-9-21(20)36(39)44/h6-10,23-26,29,42H,11-12,14-15H2,1-5H3/t23-,24?,25?,26-,29-/m0/s1. The highest BCUT2D eigenvalue weighted by Crippen LogP contribution is 2.58. The number of amides is 2. The van der Waals surface area contributed by atoms with E-state index in [2.05, 4.69) is 15.9 Å². The van der Waals surface area contributed by atoms with E-state index in [9.17, 15) is 24.8 Å². The number of nitrogens with zero attached hydrogens (tertiary/aromatic N) is 4. The van der Waals surface area contributed by atoms with Crippen LogP contribution >= 0.6 is 0 Å². The van der Waals surface area contributed by atoms with Crippen LogP contribution in [0.2, 0.25) is 0 Å². The van der Waals surface area contributed by atoms with Gasteiger partial charge in [0.05, 0.1) is 36.4 Å². The number of benzene rings is 3. The van der Waals surface area contributed by atoms with E-state index >= 15 is 0 Å². The van der Waals surface area contributed by atoms with Crippen LogP contribution in [0.5, 0.6) is 28.7 Å². The minimum absolute atomic E-state index is 0.0444. The molecule has 0 saturated carbocycles. The van der Waals surface area contributed by atoms with Gasteiger partial charge in [-0.2, -0.15) is 5.26 Å². The lowest BCUT2D eigenvalue weighted by Gasteiger charge is -2.60. The first-order valence-corrected chi connectivity index (χ1v) is 15.9. The lowest BCUT2D eigenvalue weighted by molar-refractivity contribution is -0.132. The monoisotopic (exact) mass is 650 g/mol. The number of carbonyl (C=O) groups excluding carboxylic acids is 3. The van der Waals surface area contributed by atoms with Crippen LogP contribution in [0.1, 0.15) is 73.1 Å². The predicted molar refractivity (Wildman–Crippen MR) is 169 cm³/mol. The molecule has 2 bridgehead atoms. The number of phenolic OH excluding ortho intramolecular Hbond substituents is 1. The predicted octanol–water partition coefficient (Wildman–Crippen LogP) is 3.74. The Hall–Kier alpha value is -5.12. The Morgan fingerprint density at radius 1 is 1.04 bits per heavy atom. The topological polar surface area (TPSA) is 142 Å². The molecule has 3 aromatic carbocycles. The number of hydrogen-bond donors (Lipinski definition) is 1. The van der Waals surface area contributed by atoms with Gasteiger partial charge in [-0.1, -0.05) is 18.2 Å². The number of hydrogen-bond acceptors (Lipinski definition) is 11. The van der Waals surface area contributed by atoms with Crippen molar-refractivity contribution in [2.75, 3.05) is 27.5 Å². The van der Waals surface area contributed by atoms with Gasteiger partial charge in [-0.3, -0.25) is 29.1 Å². The molecule has 3 aromatic rings. The maximum absolute atomic E-state index is 13.8. The van der Waals surface area contributed by atoms with Gasteiger partial charge < -0.3 is 24.1 Å². The fourth-order valence-electron chi connectivity index (χ4n) is 8.87. The number of aryl methyl sites for hydroxylation is 1. The van der Waals surface area contributed by atoms with Crippen molar-refractivity contribution in [2.24, 2.45) is 0 Å². The van der Waals surface area contributed by atoms with E-state index < -0.39 is 42.0 Å². The summed E-state index contributed by atoms with van der Waals surface area (Å²) < 4.78 is 23.6. The maximum atomic E-state index is 13.8. The van der Waals surface area contributed by atoms with Crippen LogP contribution in [-0.4, -0.2) is 83.2 Å². The molecule has 1 N–H and O–H groups in total. The van der Waals surface area contributed by atoms with Gasteiger partial charge in [0.25, 0.3) is 11.8 Å². The Labute approximate surface area is 276 Å². The molecule has 246 valence electrons. The van der Waals surface area contributed by atoms with Crippen LogP contribution in [-0.2, 0) is 17.6 Å². The minimum atomic E-state index is -0.745. The number of esters is 1. The van der Waals surface area contributed by atoms with E-state index in [0.29, 0.717) is 69.2 Å². The first-order valence-electron chi connectivity index (χ1n) is 15.9. The molecule has 1 fully saturated rings. The summed E-state index contributed by atoms with van der Waals surface area (Å²) in [5, 5.41) is 22.6. The minimum Gasteiger partial charge on any atom is -0.504 e. The van der Waals surface area contributed by atoms with Crippen molar-refractivity contribution < 1.29 is 38.4 Å². The summed E-state index contributed by atoms with van der Waals surface area (Å²) in [4.78, 5) is 45.6. The largest absolute Gasteiger partial charge is 0.504 e. The van der Waals surface area contributed by atoms with Crippen LogP contribution < -0.4 is 18.9 Å². The second kappa shape index (κ2) is 10.7. The molecule has 12 nitrogen and oxygen atoms in total. The number of piperazine rings is 1. The van der Waals surface area contributed by atoms with Gasteiger partial charge in [0.15, 0.2) is 23.0 Å². The third-order valence-electron chi connectivity index (χ3n) is 10.7. The van der Waals surface area contributed by atoms with Crippen molar-refractivity contribution >= 4 is 17.8 Å². The van der Waals surface area contributed by atoms with Gasteiger partial charge in [0.2, 0.25) is 6.79 Å². The highest BCUT2D eigenvalue weighted by molar-refractivity contribution is 6.21. The van der Waals surface area contributed by atoms with E-state index in [-0.39, 0.29) is 25.1 Å². The average molecular weight is 651 g/mol. The molecule has 48 heavy (non-hydrogen) atoms. The Bertz CT molecular complexity index is 1970. The molecule has 0 aliphatic carbocycles. The second-order valence-electron chi connectivity index (χ2n) is 13.1. The summed E-state index contributed by atoms with van der Waals surface area (Å²) in [5.41, 5.74) is 4.94. The highest BCUT2D eigenvalue weighted by atomic mass is 16.7. The number of nitriles is 1. The Kier molecular flexibility index (Phi) is 6.74. The third-order valence-corrected chi connectivity index (χ3v) is 10.7. The van der Waals surface area contributed by atoms with Crippen molar-refractivity contribution in [3.8, 4) is 34.8 Å². The number of carbonyl (C=O) groups is 3. The van der Waals surface area contributed by atoms with Crippen LogP contribution in [0.15, 0.2) is 30.3 Å². The number of imide groups is 1. The number of likely N-dealkylation sites (N-methyl/N-ethyl adjacent to an activating group) is 1. The molecule has 1 saturated heterocycles. The van der Waals surface area contributed by atoms with Crippen molar-refractivity contribution in [3.63, 3.8) is 0 Å². The Morgan fingerprint density at radius 3 is 2.38 bits per heavy atom. The van der Waals surface area contributed by atoms with Gasteiger partial charge in [-0.25, -0.2) is 0 Å². The summed E-state index contributed by atoms with van der Waals surface area (Å²) in [6.45, 7) is 4.86. The normalized spacial score (nSPS) is 25.2. The zero-order chi connectivity index (χ0) is 33.8. The van der Waals surface area contributed by atoms with Crippen LogP contribution in [0.3, 0.4) is 0 Å². The smallest absolute Gasteiger partial charge is 0.308 e. The molecule has 5 heterocycles. The molecule has 0 radical (unpaired) electrons. The first kappa shape index (κ1) is 30.2. The van der Waals surface area contributed by atoms with Crippen LogP contribution in [0.4, 0.5) is 0 Å². The van der Waals surface area contributed by atoms with Gasteiger partial charge in [-0.05, 0) is 57.0 Å². The lowest BCUT2D eigenvalue weighted by atomic mass is 9.71. The van der Waals surface area contributed by atoms with Crippen molar-refractivity contribution in [3.05, 3.63) is 74.8 Å². The van der Waals surface area contributed by atoms with Gasteiger partial charge in [-0.15, -0.1) is 0 Å². The fourth-order valence-corrected chi connectivity index (χ4v) is 8.87. The maximum Gasteiger partial charge on any atom is 0.308 e. The molecular weight excluding hydrogens is 616 g/mol. The van der Waals surface area contributed by atoms with Crippen molar-refractivity contribution in [2.45, 2.75) is 63.8 Å². The molecule has 8 rings (SSSR count). The molecule has 0 spiro atoms. The van der Waals surface area contributed by atoms with Crippen LogP contribution in [0, 0.1) is 25.2 Å². The summed E-state index contributed by atoms with van der Waals surface area (Å²) in [6, 6.07) is 8.71. The summed E-state index contributed by atoms with van der Waals surface area (Å²) in [6.07, 6.45) is 0.794. The van der Waals surface area contributed by atoms with E-state index in [1.807, 2.05) is 20.0 Å². The quantitative estimate of drug-likeness (QED) is 0.251. The fraction of sp³-hybridized carbons (Fsp3) is 0.389. The first-order chi connectivity index (χ1) is 23.1. The van der Waals surface area contributed by atoms with Crippen molar-refractivity contribution in [1.82, 2.24) is 14.7 Å². The summed E-state index contributed by atoms with van der Waals surface area (Å²) in [5.74, 6) is 0.250. The average Bonchev–Trinajstić information content (AvgIpc) is 3.64. The lowest BCUT2D eigenvalue weighted by Crippen LogP contribution is -2.68. The van der Waals surface area contributed by atoms with E-state index in [4.69, 9.17) is 18.9 Å². The van der Waals surface area contributed by atoms with Gasteiger partial charge >= 0.3 is 5.97 Å². The molecule has 2 unspecified atom stereocenters. The Morgan fingerprint density at radius 2 is 1.73 bits per heavy atom. The SMILES string of the molecule is COc1c(C)cc2c(c1O)[C@@H]1C3Cc4c(OC(C)=O)c(C)c5c(c4[C@H](CN4C(=O)c6ccccc6C4=O)N3C(C#N)[C@H](C2)N1C)OCO5. The number of phenols is 1. The molecule has 5 aliphatic heterocycles. The zero-order valence-corrected chi connectivity index (χ0v) is 27.2. The van der Waals surface area contributed by atoms with E-state index in [1.165, 1.54) is 18.9 Å². The second-order valence-corrected chi connectivity index (χ2v) is 13.1. The molecule has 5 atom stereocenters. The Balaban J connectivity index is 1.38. The number of ether oxygens (including phenoxy) is 4. The zero-order valence-electron chi connectivity index (χ0n) is 27.2.